The van der Waals surface area contributed by atoms with Crippen molar-refractivity contribution in [3.05, 3.63) is 5.69 Å². The van der Waals surface area contributed by atoms with Crippen molar-refractivity contribution in [1.29, 1.82) is 0 Å². The number of nitrogens with one attached hydrogen (secondary N) is 1. The molecule has 1 rings (SSSR count). The number of hydrogen-bond acceptors (Lipinski definition) is 5. The lowest BCUT2D eigenvalue weighted by Crippen LogP contribution is -2.25. The van der Waals surface area contributed by atoms with Gasteiger partial charge in [0, 0.05) is 20.7 Å². The van der Waals surface area contributed by atoms with Crippen LogP contribution in [0.5, 0.6) is 0 Å². The van der Waals surface area contributed by atoms with Crippen LogP contribution < -0.4 is 11.1 Å². The summed E-state index contributed by atoms with van der Waals surface area (Å²) in [6.07, 6.45) is 0.242. The van der Waals surface area contributed by atoms with Crippen LogP contribution in [0, 0.1) is 0 Å². The van der Waals surface area contributed by atoms with Crippen LogP contribution >= 0.6 is 0 Å². The van der Waals surface area contributed by atoms with E-state index in [4.69, 9.17) is 10.5 Å². The third kappa shape index (κ3) is 2.86. The van der Waals surface area contributed by atoms with Crippen LogP contribution in [0.15, 0.2) is 0 Å². The van der Waals surface area contributed by atoms with Crippen molar-refractivity contribution in [2.75, 3.05) is 31.3 Å². The number of aromatic nitrogens is 2. The lowest BCUT2D eigenvalue weighted by atomic mass is 10.3. The SMILES string of the molecule is CCc1nn(C)c(NCC(O)COC)c1N. The molecule has 0 bridgehead atoms. The van der Waals surface area contributed by atoms with Crippen molar-refractivity contribution in [2.45, 2.75) is 19.4 Å². The molecule has 1 aromatic rings. The van der Waals surface area contributed by atoms with Gasteiger partial charge in [-0.05, 0) is 6.42 Å². The van der Waals surface area contributed by atoms with Crippen molar-refractivity contribution in [3.8, 4) is 0 Å². The molecule has 0 fully saturated rings. The molecule has 0 aromatic carbocycles. The average molecular weight is 228 g/mol. The van der Waals surface area contributed by atoms with Crippen LogP contribution in [0.2, 0.25) is 0 Å². The van der Waals surface area contributed by atoms with E-state index in [-0.39, 0.29) is 0 Å². The second kappa shape index (κ2) is 5.72. The average Bonchev–Trinajstić information content (AvgIpc) is 2.52. The van der Waals surface area contributed by atoms with Gasteiger partial charge in [0.25, 0.3) is 0 Å². The largest absolute Gasteiger partial charge is 0.394 e. The summed E-state index contributed by atoms with van der Waals surface area (Å²) in [6.45, 7) is 2.69. The number of hydrogen-bond donors (Lipinski definition) is 3. The monoisotopic (exact) mass is 228 g/mol. The first-order valence-electron chi connectivity index (χ1n) is 5.32. The lowest BCUT2D eigenvalue weighted by molar-refractivity contribution is 0.0727. The molecule has 0 aliphatic heterocycles. The molecule has 1 heterocycles. The van der Waals surface area contributed by atoms with E-state index in [9.17, 15) is 5.11 Å². The molecule has 1 atom stereocenters. The summed E-state index contributed by atoms with van der Waals surface area (Å²) < 4.78 is 6.52. The molecule has 0 radical (unpaired) electrons. The van der Waals surface area contributed by atoms with Crippen molar-refractivity contribution >= 4 is 11.5 Å². The fourth-order valence-corrected chi connectivity index (χ4v) is 1.53. The van der Waals surface area contributed by atoms with Gasteiger partial charge in [-0.2, -0.15) is 5.10 Å². The summed E-state index contributed by atoms with van der Waals surface area (Å²) in [5.41, 5.74) is 7.43. The number of rotatable bonds is 6. The first-order chi connectivity index (χ1) is 7.60. The number of methoxy groups -OCH3 is 1. The molecular weight excluding hydrogens is 208 g/mol. The molecule has 0 aliphatic rings. The Hall–Kier alpha value is -1.27. The first-order valence-corrected chi connectivity index (χ1v) is 5.32. The van der Waals surface area contributed by atoms with Crippen LogP contribution in [-0.2, 0) is 18.2 Å². The third-order valence-electron chi connectivity index (χ3n) is 2.36. The van der Waals surface area contributed by atoms with E-state index in [0.717, 1.165) is 17.9 Å². The number of aliphatic hydroxyl groups is 1. The summed E-state index contributed by atoms with van der Waals surface area (Å²) in [6, 6.07) is 0. The highest BCUT2D eigenvalue weighted by Crippen LogP contribution is 2.21. The zero-order valence-electron chi connectivity index (χ0n) is 10.0. The molecule has 0 spiro atoms. The van der Waals surface area contributed by atoms with Gasteiger partial charge in [0.05, 0.1) is 24.1 Å². The van der Waals surface area contributed by atoms with E-state index < -0.39 is 6.10 Å². The molecule has 0 aliphatic carbocycles. The van der Waals surface area contributed by atoms with Crippen LogP contribution in [-0.4, -0.2) is 41.3 Å². The molecule has 6 heteroatoms. The zero-order valence-corrected chi connectivity index (χ0v) is 10.0. The van der Waals surface area contributed by atoms with Crippen molar-refractivity contribution in [2.24, 2.45) is 7.05 Å². The second-order valence-electron chi connectivity index (χ2n) is 3.68. The Labute approximate surface area is 95.4 Å². The van der Waals surface area contributed by atoms with Gasteiger partial charge in [0.2, 0.25) is 0 Å². The van der Waals surface area contributed by atoms with Crippen LogP contribution in [0.25, 0.3) is 0 Å². The minimum absolute atomic E-state index is 0.297. The molecule has 0 amide bonds. The van der Waals surface area contributed by atoms with Gasteiger partial charge in [-0.15, -0.1) is 0 Å². The van der Waals surface area contributed by atoms with Crippen LogP contribution in [0.3, 0.4) is 0 Å². The van der Waals surface area contributed by atoms with Crippen LogP contribution in [0.4, 0.5) is 11.5 Å². The highest BCUT2D eigenvalue weighted by Gasteiger charge is 2.12. The van der Waals surface area contributed by atoms with E-state index >= 15 is 0 Å². The van der Waals surface area contributed by atoms with Gasteiger partial charge in [-0.25, -0.2) is 0 Å². The van der Waals surface area contributed by atoms with Gasteiger partial charge in [-0.3, -0.25) is 4.68 Å². The Morgan fingerprint density at radius 1 is 1.62 bits per heavy atom. The fourth-order valence-electron chi connectivity index (χ4n) is 1.53. The summed E-state index contributed by atoms with van der Waals surface area (Å²) in [5.74, 6) is 0.743. The summed E-state index contributed by atoms with van der Waals surface area (Å²) in [5, 5.41) is 16.8. The van der Waals surface area contributed by atoms with Crippen molar-refractivity contribution in [1.82, 2.24) is 9.78 Å². The maximum absolute atomic E-state index is 9.50. The minimum atomic E-state index is -0.552. The smallest absolute Gasteiger partial charge is 0.147 e. The molecule has 1 aromatic heterocycles. The number of nitrogen functional groups attached to an aromatic ring is 1. The van der Waals surface area contributed by atoms with E-state index in [1.165, 1.54) is 0 Å². The number of nitrogens with zero attached hydrogens (tertiary/aromatic N) is 2. The predicted octanol–water partition coefficient (Wildman–Crippen LogP) is -0.0161. The fraction of sp³-hybridized carbons (Fsp3) is 0.700. The van der Waals surface area contributed by atoms with E-state index in [1.54, 1.807) is 11.8 Å². The number of aliphatic hydroxyl groups excluding tert-OH is 1. The van der Waals surface area contributed by atoms with Gasteiger partial charge < -0.3 is 20.9 Å². The van der Waals surface area contributed by atoms with Gasteiger partial charge in [0.15, 0.2) is 0 Å². The van der Waals surface area contributed by atoms with Gasteiger partial charge >= 0.3 is 0 Å². The number of ether oxygens (including phenoxy) is 1. The molecular formula is C10H20N4O2. The number of nitrogens with two attached hydrogens (primary N) is 1. The standard InChI is InChI=1S/C10H20N4O2/c1-4-8-9(11)10(14(2)13-8)12-5-7(15)6-16-3/h7,12,15H,4-6,11H2,1-3H3. The van der Waals surface area contributed by atoms with Gasteiger partial charge in [-0.1, -0.05) is 6.92 Å². The molecule has 92 valence electrons. The Bertz CT molecular complexity index is 338. The van der Waals surface area contributed by atoms with E-state index in [0.29, 0.717) is 18.8 Å². The quantitative estimate of drug-likeness (QED) is 0.637. The maximum atomic E-state index is 9.50. The predicted molar refractivity (Wildman–Crippen MR) is 63.4 cm³/mol. The lowest BCUT2D eigenvalue weighted by Gasteiger charge is -2.12. The Kier molecular flexibility index (Phi) is 4.57. The summed E-state index contributed by atoms with van der Waals surface area (Å²) in [4.78, 5) is 0. The Morgan fingerprint density at radius 3 is 2.81 bits per heavy atom. The van der Waals surface area contributed by atoms with Crippen LogP contribution in [0.1, 0.15) is 12.6 Å². The Balaban J connectivity index is 2.63. The highest BCUT2D eigenvalue weighted by molar-refractivity contribution is 5.65. The zero-order chi connectivity index (χ0) is 12.1. The molecule has 4 N–H and O–H groups in total. The van der Waals surface area contributed by atoms with Crippen molar-refractivity contribution < 1.29 is 9.84 Å². The Morgan fingerprint density at radius 2 is 2.31 bits per heavy atom. The highest BCUT2D eigenvalue weighted by atomic mass is 16.5. The minimum Gasteiger partial charge on any atom is -0.394 e. The molecule has 6 nitrogen and oxygen atoms in total. The number of aryl methyl sites for hydroxylation is 2. The van der Waals surface area contributed by atoms with Gasteiger partial charge in [0.1, 0.15) is 5.82 Å². The molecule has 1 unspecified atom stereocenters. The number of anilines is 2. The normalized spacial score (nSPS) is 12.8. The van der Waals surface area contributed by atoms with Crippen molar-refractivity contribution in [3.63, 3.8) is 0 Å². The van der Waals surface area contributed by atoms with E-state index in [1.807, 2.05) is 14.0 Å². The molecule has 16 heavy (non-hydrogen) atoms. The second-order valence-corrected chi connectivity index (χ2v) is 3.68. The summed E-state index contributed by atoms with van der Waals surface area (Å²) >= 11 is 0. The third-order valence-corrected chi connectivity index (χ3v) is 2.36. The maximum Gasteiger partial charge on any atom is 0.147 e. The first kappa shape index (κ1) is 12.8. The molecule has 0 saturated heterocycles. The summed E-state index contributed by atoms with van der Waals surface area (Å²) in [7, 11) is 3.37. The van der Waals surface area contributed by atoms with E-state index in [2.05, 4.69) is 10.4 Å². The topological polar surface area (TPSA) is 85.3 Å². The molecule has 0 saturated carbocycles.